The van der Waals surface area contributed by atoms with Gasteiger partial charge < -0.3 is 14.8 Å². The van der Waals surface area contributed by atoms with Gasteiger partial charge in [-0.2, -0.15) is 0 Å². The molecule has 1 aliphatic rings. The Morgan fingerprint density at radius 2 is 1.64 bits per heavy atom. The van der Waals surface area contributed by atoms with E-state index in [9.17, 15) is 13.2 Å². The van der Waals surface area contributed by atoms with Crippen molar-refractivity contribution in [2.75, 3.05) is 18.0 Å². The summed E-state index contributed by atoms with van der Waals surface area (Å²) in [4.78, 5) is 13.6. The fourth-order valence-electron chi connectivity index (χ4n) is 4.79. The van der Waals surface area contributed by atoms with Gasteiger partial charge in [-0.25, -0.2) is 8.42 Å². The molecule has 3 aromatic rings. The maximum Gasteiger partial charge on any atom is 0.264 e. The Morgan fingerprint density at radius 3 is 2.26 bits per heavy atom. The number of hydrogen-bond donors (Lipinski definition) is 1. The van der Waals surface area contributed by atoms with E-state index in [1.807, 2.05) is 32.9 Å². The van der Waals surface area contributed by atoms with E-state index in [-0.39, 0.29) is 28.8 Å². The van der Waals surface area contributed by atoms with Crippen LogP contribution in [0.25, 0.3) is 0 Å². The average Bonchev–Trinajstić information content (AvgIpc) is 2.89. The SMILES string of the molecule is COc1ccc(S(=O)(=O)N2CC(C(=O)NC(C)c3cc(C)c(C)cc3C)Oc3ccc(C(C)(C)C)cc32)cc1. The summed E-state index contributed by atoms with van der Waals surface area (Å²) in [5, 5.41) is 3.04. The van der Waals surface area contributed by atoms with Gasteiger partial charge in [-0.3, -0.25) is 9.10 Å². The van der Waals surface area contributed by atoms with Crippen molar-refractivity contribution in [2.24, 2.45) is 0 Å². The highest BCUT2D eigenvalue weighted by molar-refractivity contribution is 7.92. The third kappa shape index (κ3) is 5.76. The van der Waals surface area contributed by atoms with Gasteiger partial charge in [-0.1, -0.05) is 39.0 Å². The van der Waals surface area contributed by atoms with Gasteiger partial charge in [-0.15, -0.1) is 0 Å². The number of carbonyl (C=O) groups excluding carboxylic acids is 1. The van der Waals surface area contributed by atoms with E-state index in [4.69, 9.17) is 9.47 Å². The van der Waals surface area contributed by atoms with Gasteiger partial charge in [0.2, 0.25) is 0 Å². The lowest BCUT2D eigenvalue weighted by molar-refractivity contribution is -0.128. The van der Waals surface area contributed by atoms with Crippen molar-refractivity contribution in [3.05, 3.63) is 82.4 Å². The number of aryl methyl sites for hydroxylation is 3. The number of anilines is 1. The van der Waals surface area contributed by atoms with Crippen LogP contribution in [0.15, 0.2) is 59.5 Å². The second-order valence-electron chi connectivity index (χ2n) is 11.3. The van der Waals surface area contributed by atoms with Crippen LogP contribution in [0.5, 0.6) is 11.5 Å². The predicted octanol–water partition coefficient (Wildman–Crippen LogP) is 5.75. The van der Waals surface area contributed by atoms with Crippen molar-refractivity contribution < 1.29 is 22.7 Å². The second-order valence-corrected chi connectivity index (χ2v) is 13.1. The van der Waals surface area contributed by atoms with Gasteiger partial charge in [0, 0.05) is 0 Å². The number of methoxy groups -OCH3 is 1. The molecule has 2 unspecified atom stereocenters. The molecule has 0 fully saturated rings. The normalized spacial score (nSPS) is 16.2. The quantitative estimate of drug-likeness (QED) is 0.422. The summed E-state index contributed by atoms with van der Waals surface area (Å²) < 4.78 is 40.5. The fraction of sp³-hybridized carbons (Fsp3) is 0.387. The molecule has 0 spiro atoms. The van der Waals surface area contributed by atoms with Crippen LogP contribution in [0.2, 0.25) is 0 Å². The standard InChI is InChI=1S/C31H38N2O5S/c1-19-15-21(3)26(16-20(19)2)22(4)32-30(34)29-18-33(39(35,36)25-12-10-24(37-8)11-13-25)27-17-23(31(5,6)7)9-14-28(27)38-29/h9-17,22,29H,18H2,1-8H3,(H,32,34). The highest BCUT2D eigenvalue weighted by Gasteiger charge is 2.38. The smallest absolute Gasteiger partial charge is 0.264 e. The Kier molecular flexibility index (Phi) is 7.72. The molecule has 208 valence electrons. The maximum atomic E-state index is 13.9. The molecule has 0 aromatic heterocycles. The number of ether oxygens (including phenoxy) is 2. The zero-order valence-corrected chi connectivity index (χ0v) is 24.8. The van der Waals surface area contributed by atoms with Crippen LogP contribution in [-0.4, -0.2) is 34.1 Å². The molecule has 0 saturated carbocycles. The van der Waals surface area contributed by atoms with Crippen LogP contribution in [0.4, 0.5) is 5.69 Å². The highest BCUT2D eigenvalue weighted by Crippen LogP contribution is 2.40. The predicted molar refractivity (Wildman–Crippen MR) is 154 cm³/mol. The topological polar surface area (TPSA) is 84.9 Å². The number of nitrogens with one attached hydrogen (secondary N) is 1. The molecule has 0 aliphatic carbocycles. The van der Waals surface area contributed by atoms with Crippen LogP contribution in [0.1, 0.15) is 61.6 Å². The lowest BCUT2D eigenvalue weighted by Gasteiger charge is -2.36. The highest BCUT2D eigenvalue weighted by atomic mass is 32.2. The summed E-state index contributed by atoms with van der Waals surface area (Å²) in [7, 11) is -2.48. The van der Waals surface area contributed by atoms with Gasteiger partial charge in [0.15, 0.2) is 6.10 Å². The summed E-state index contributed by atoms with van der Waals surface area (Å²) in [6.45, 7) is 14.1. The molecule has 1 aliphatic heterocycles. The summed E-state index contributed by atoms with van der Waals surface area (Å²) in [5.74, 6) is 0.529. The van der Waals surface area contributed by atoms with Crippen LogP contribution in [0.3, 0.4) is 0 Å². The molecule has 4 rings (SSSR count). The van der Waals surface area contributed by atoms with E-state index in [1.54, 1.807) is 18.2 Å². The van der Waals surface area contributed by atoms with Crippen molar-refractivity contribution in [2.45, 2.75) is 70.9 Å². The third-order valence-corrected chi connectivity index (χ3v) is 9.14. The molecule has 0 bridgehead atoms. The van der Waals surface area contributed by atoms with Gasteiger partial charge in [-0.05, 0) is 97.3 Å². The average molecular weight is 551 g/mol. The third-order valence-electron chi connectivity index (χ3n) is 7.34. The molecular formula is C31H38N2O5S. The number of amides is 1. The van der Waals surface area contributed by atoms with Crippen molar-refractivity contribution in [1.82, 2.24) is 5.32 Å². The zero-order valence-electron chi connectivity index (χ0n) is 24.0. The molecule has 2 atom stereocenters. The minimum absolute atomic E-state index is 0.107. The van der Waals surface area contributed by atoms with E-state index in [0.29, 0.717) is 17.2 Å². The summed E-state index contributed by atoms with van der Waals surface area (Å²) in [6, 6.07) is 15.7. The van der Waals surface area contributed by atoms with Crippen molar-refractivity contribution in [1.29, 1.82) is 0 Å². The van der Waals surface area contributed by atoms with Crippen LogP contribution >= 0.6 is 0 Å². The Hall–Kier alpha value is -3.52. The van der Waals surface area contributed by atoms with Gasteiger partial charge >= 0.3 is 0 Å². The minimum atomic E-state index is -4.01. The molecule has 0 radical (unpaired) electrons. The molecule has 3 aromatic carbocycles. The van der Waals surface area contributed by atoms with Gasteiger partial charge in [0.25, 0.3) is 15.9 Å². The van der Waals surface area contributed by atoms with Crippen molar-refractivity contribution in [3.8, 4) is 11.5 Å². The lowest BCUT2D eigenvalue weighted by atomic mass is 9.86. The molecule has 39 heavy (non-hydrogen) atoms. The first-order valence-electron chi connectivity index (χ1n) is 13.1. The van der Waals surface area contributed by atoms with Crippen LogP contribution in [0, 0.1) is 20.8 Å². The lowest BCUT2D eigenvalue weighted by Crippen LogP contribution is -2.51. The van der Waals surface area contributed by atoms with E-state index < -0.39 is 16.1 Å². The minimum Gasteiger partial charge on any atom is -0.497 e. The van der Waals surface area contributed by atoms with Crippen molar-refractivity contribution in [3.63, 3.8) is 0 Å². The summed E-state index contributed by atoms with van der Waals surface area (Å²) in [6.07, 6.45) is -1.03. The number of nitrogens with zero attached hydrogens (tertiary/aromatic N) is 1. The molecule has 1 N–H and O–H groups in total. The summed E-state index contributed by atoms with van der Waals surface area (Å²) >= 11 is 0. The number of carbonyl (C=O) groups is 1. The first-order valence-corrected chi connectivity index (χ1v) is 14.5. The number of rotatable bonds is 6. The largest absolute Gasteiger partial charge is 0.497 e. The number of sulfonamides is 1. The zero-order chi connectivity index (χ0) is 28.7. The first kappa shape index (κ1) is 28.5. The van der Waals surface area contributed by atoms with Crippen LogP contribution < -0.4 is 19.1 Å². The number of hydrogen-bond acceptors (Lipinski definition) is 5. The summed E-state index contributed by atoms with van der Waals surface area (Å²) in [5.41, 5.74) is 5.60. The van der Waals surface area contributed by atoms with Gasteiger partial charge in [0.05, 0.1) is 30.3 Å². The van der Waals surface area contributed by atoms with Crippen LogP contribution in [-0.2, 0) is 20.2 Å². The Bertz CT molecular complexity index is 1490. The molecule has 0 saturated heterocycles. The number of fused-ring (bicyclic) bond motifs is 1. The fourth-order valence-corrected chi connectivity index (χ4v) is 6.26. The van der Waals surface area contributed by atoms with E-state index >= 15 is 0 Å². The van der Waals surface area contributed by atoms with E-state index in [0.717, 1.165) is 22.3 Å². The molecular weight excluding hydrogens is 512 g/mol. The van der Waals surface area contributed by atoms with Crippen molar-refractivity contribution >= 4 is 21.6 Å². The Morgan fingerprint density at radius 1 is 1.00 bits per heavy atom. The Labute approximate surface area is 232 Å². The monoisotopic (exact) mass is 550 g/mol. The molecule has 7 nitrogen and oxygen atoms in total. The molecule has 1 heterocycles. The van der Waals surface area contributed by atoms with E-state index in [1.165, 1.54) is 29.1 Å². The first-order chi connectivity index (χ1) is 18.2. The number of benzene rings is 3. The Balaban J connectivity index is 1.70. The van der Waals surface area contributed by atoms with E-state index in [2.05, 4.69) is 45.1 Å². The van der Waals surface area contributed by atoms with Gasteiger partial charge in [0.1, 0.15) is 11.5 Å². The maximum absolute atomic E-state index is 13.9. The molecule has 1 amide bonds. The second kappa shape index (κ2) is 10.6. The molecule has 8 heteroatoms.